The van der Waals surface area contributed by atoms with Gasteiger partial charge in [-0.05, 0) is 38.5 Å². The Morgan fingerprint density at radius 2 is 1.92 bits per heavy atom. The minimum absolute atomic E-state index is 0.00938. The molecule has 1 saturated heterocycles. The van der Waals surface area contributed by atoms with Gasteiger partial charge < -0.3 is 19.5 Å². The molecule has 1 heterocycles. The molecule has 6 heteroatoms. The zero-order valence-electron chi connectivity index (χ0n) is 15.0. The second kappa shape index (κ2) is 7.85. The molecular formula is C18H28N2O4. The summed E-state index contributed by atoms with van der Waals surface area (Å²) < 4.78 is 10.6. The van der Waals surface area contributed by atoms with E-state index in [1.54, 1.807) is 12.0 Å². The van der Waals surface area contributed by atoms with Gasteiger partial charge in [-0.1, -0.05) is 12.1 Å². The Labute approximate surface area is 144 Å². The van der Waals surface area contributed by atoms with E-state index in [4.69, 9.17) is 9.47 Å². The van der Waals surface area contributed by atoms with Gasteiger partial charge in [-0.15, -0.1) is 0 Å². The van der Waals surface area contributed by atoms with E-state index in [0.717, 1.165) is 17.9 Å². The molecule has 24 heavy (non-hydrogen) atoms. The molecule has 1 aliphatic heterocycles. The fraction of sp³-hybridized carbons (Fsp3) is 0.611. The first-order valence-electron chi connectivity index (χ1n) is 8.28. The average molecular weight is 336 g/mol. The Kier molecular flexibility index (Phi) is 6.07. The maximum absolute atomic E-state index is 12.2. The number of aliphatic hydroxyl groups is 1. The van der Waals surface area contributed by atoms with Crippen LogP contribution in [-0.4, -0.2) is 66.0 Å². The van der Waals surface area contributed by atoms with Gasteiger partial charge in [0.05, 0.1) is 19.8 Å². The van der Waals surface area contributed by atoms with Gasteiger partial charge in [0.25, 0.3) is 0 Å². The number of nitrogens with zero attached hydrogens (tertiary/aromatic N) is 2. The van der Waals surface area contributed by atoms with Crippen molar-refractivity contribution in [2.24, 2.45) is 0 Å². The third-order valence-electron chi connectivity index (χ3n) is 4.01. The molecule has 1 aromatic carbocycles. The normalized spacial score (nSPS) is 19.2. The molecule has 1 amide bonds. The van der Waals surface area contributed by atoms with Crippen LogP contribution in [0, 0.1) is 0 Å². The van der Waals surface area contributed by atoms with E-state index in [-0.39, 0.29) is 18.7 Å². The number of amides is 1. The van der Waals surface area contributed by atoms with Gasteiger partial charge in [-0.3, -0.25) is 4.90 Å². The summed E-state index contributed by atoms with van der Waals surface area (Å²) in [6.07, 6.45) is -0.315. The van der Waals surface area contributed by atoms with Crippen molar-refractivity contribution < 1.29 is 19.4 Å². The van der Waals surface area contributed by atoms with Crippen molar-refractivity contribution in [1.29, 1.82) is 0 Å². The number of rotatable bonds is 4. The summed E-state index contributed by atoms with van der Waals surface area (Å²) >= 11 is 0. The van der Waals surface area contributed by atoms with Gasteiger partial charge in [0, 0.05) is 26.2 Å². The molecule has 1 unspecified atom stereocenters. The SMILES string of the molecule is COc1ccc(CN2CCN(C(=O)OC(C)(C)C)CC2CO)cc1. The van der Waals surface area contributed by atoms with Crippen LogP contribution < -0.4 is 4.74 Å². The minimum Gasteiger partial charge on any atom is -0.497 e. The van der Waals surface area contributed by atoms with E-state index in [1.165, 1.54) is 0 Å². The highest BCUT2D eigenvalue weighted by Gasteiger charge is 2.31. The molecule has 1 aliphatic rings. The van der Waals surface area contributed by atoms with Crippen LogP contribution in [0.3, 0.4) is 0 Å². The van der Waals surface area contributed by atoms with Crippen LogP contribution in [0.4, 0.5) is 4.79 Å². The predicted octanol–water partition coefficient (Wildman–Crippen LogP) is 2.11. The van der Waals surface area contributed by atoms with Gasteiger partial charge >= 0.3 is 6.09 Å². The number of ether oxygens (including phenoxy) is 2. The smallest absolute Gasteiger partial charge is 0.410 e. The maximum atomic E-state index is 12.2. The predicted molar refractivity (Wildman–Crippen MR) is 92.1 cm³/mol. The average Bonchev–Trinajstić information content (AvgIpc) is 2.54. The standard InChI is InChI=1S/C18H28N2O4/c1-18(2,3)24-17(22)20-10-9-19(15(12-20)13-21)11-14-5-7-16(23-4)8-6-14/h5-8,15,21H,9-13H2,1-4H3. The number of hydrogen-bond acceptors (Lipinski definition) is 5. The Balaban J connectivity index is 1.95. The van der Waals surface area contributed by atoms with Crippen LogP contribution in [0.15, 0.2) is 24.3 Å². The van der Waals surface area contributed by atoms with Crippen molar-refractivity contribution in [1.82, 2.24) is 9.80 Å². The molecule has 134 valence electrons. The lowest BCUT2D eigenvalue weighted by molar-refractivity contribution is -0.00610. The van der Waals surface area contributed by atoms with Gasteiger partial charge in [-0.25, -0.2) is 4.79 Å². The number of methoxy groups -OCH3 is 1. The number of aliphatic hydroxyl groups excluding tert-OH is 1. The fourth-order valence-corrected chi connectivity index (χ4v) is 2.73. The molecule has 1 aromatic rings. The number of hydrogen-bond donors (Lipinski definition) is 1. The van der Waals surface area contributed by atoms with Crippen LogP contribution in [0.25, 0.3) is 0 Å². The molecule has 0 spiro atoms. The Hall–Kier alpha value is -1.79. The van der Waals surface area contributed by atoms with Crippen molar-refractivity contribution in [3.8, 4) is 5.75 Å². The van der Waals surface area contributed by atoms with Crippen LogP contribution in [-0.2, 0) is 11.3 Å². The second-order valence-corrected chi connectivity index (χ2v) is 7.08. The lowest BCUT2D eigenvalue weighted by Gasteiger charge is -2.41. The van der Waals surface area contributed by atoms with Crippen molar-refractivity contribution in [3.05, 3.63) is 29.8 Å². The molecule has 6 nitrogen and oxygen atoms in total. The van der Waals surface area contributed by atoms with Crippen LogP contribution in [0.1, 0.15) is 26.3 Å². The summed E-state index contributed by atoms with van der Waals surface area (Å²) in [6, 6.07) is 7.81. The number of benzene rings is 1. The highest BCUT2D eigenvalue weighted by atomic mass is 16.6. The lowest BCUT2D eigenvalue weighted by Crippen LogP contribution is -2.56. The number of carbonyl (C=O) groups is 1. The molecule has 2 rings (SSSR count). The van der Waals surface area contributed by atoms with Gasteiger partial charge in [-0.2, -0.15) is 0 Å². The van der Waals surface area contributed by atoms with E-state index in [0.29, 0.717) is 19.6 Å². The van der Waals surface area contributed by atoms with Crippen molar-refractivity contribution >= 4 is 6.09 Å². The summed E-state index contributed by atoms with van der Waals surface area (Å²) in [7, 11) is 1.65. The van der Waals surface area contributed by atoms with Crippen LogP contribution in [0.2, 0.25) is 0 Å². The van der Waals surface area contributed by atoms with Crippen molar-refractivity contribution in [2.75, 3.05) is 33.4 Å². The lowest BCUT2D eigenvalue weighted by atomic mass is 10.1. The first-order valence-corrected chi connectivity index (χ1v) is 8.28. The third-order valence-corrected chi connectivity index (χ3v) is 4.01. The molecule has 0 aliphatic carbocycles. The second-order valence-electron chi connectivity index (χ2n) is 7.08. The summed E-state index contributed by atoms with van der Waals surface area (Å²) in [6.45, 7) is 8.09. The molecule has 0 saturated carbocycles. The molecule has 0 aromatic heterocycles. The summed E-state index contributed by atoms with van der Waals surface area (Å²) in [5, 5.41) is 9.71. The summed E-state index contributed by atoms with van der Waals surface area (Å²) in [4.78, 5) is 16.1. The molecule has 1 fully saturated rings. The number of piperazine rings is 1. The van der Waals surface area contributed by atoms with Crippen molar-refractivity contribution in [3.63, 3.8) is 0 Å². The van der Waals surface area contributed by atoms with Crippen LogP contribution in [0.5, 0.6) is 5.75 Å². The van der Waals surface area contributed by atoms with E-state index in [2.05, 4.69) is 4.90 Å². The molecule has 1 atom stereocenters. The highest BCUT2D eigenvalue weighted by Crippen LogP contribution is 2.18. The maximum Gasteiger partial charge on any atom is 0.410 e. The van der Waals surface area contributed by atoms with Crippen LogP contribution >= 0.6 is 0 Å². The van der Waals surface area contributed by atoms with Gasteiger partial charge in [0.1, 0.15) is 11.4 Å². The minimum atomic E-state index is -0.508. The van der Waals surface area contributed by atoms with Crippen molar-refractivity contribution in [2.45, 2.75) is 39.0 Å². The third kappa shape index (κ3) is 5.11. The Bertz CT molecular complexity index is 539. The zero-order chi connectivity index (χ0) is 17.7. The Morgan fingerprint density at radius 3 is 2.46 bits per heavy atom. The fourth-order valence-electron chi connectivity index (χ4n) is 2.73. The summed E-state index contributed by atoms with van der Waals surface area (Å²) in [5.74, 6) is 0.826. The topological polar surface area (TPSA) is 62.2 Å². The summed E-state index contributed by atoms with van der Waals surface area (Å²) in [5.41, 5.74) is 0.645. The van der Waals surface area contributed by atoms with E-state index in [1.807, 2.05) is 45.0 Å². The zero-order valence-corrected chi connectivity index (χ0v) is 15.0. The number of carbonyl (C=O) groups excluding carboxylic acids is 1. The molecular weight excluding hydrogens is 308 g/mol. The first kappa shape index (κ1) is 18.5. The van der Waals surface area contributed by atoms with Gasteiger partial charge in [0.2, 0.25) is 0 Å². The van der Waals surface area contributed by atoms with E-state index < -0.39 is 5.60 Å². The molecule has 1 N–H and O–H groups in total. The van der Waals surface area contributed by atoms with Gasteiger partial charge in [0.15, 0.2) is 0 Å². The monoisotopic (exact) mass is 336 g/mol. The molecule has 0 radical (unpaired) electrons. The Morgan fingerprint density at radius 1 is 1.25 bits per heavy atom. The quantitative estimate of drug-likeness (QED) is 0.912. The van der Waals surface area contributed by atoms with E-state index >= 15 is 0 Å². The largest absolute Gasteiger partial charge is 0.497 e. The highest BCUT2D eigenvalue weighted by molar-refractivity contribution is 5.68. The van der Waals surface area contributed by atoms with E-state index in [9.17, 15) is 9.90 Å². The molecule has 0 bridgehead atoms. The first-order chi connectivity index (χ1) is 11.3.